The third kappa shape index (κ3) is 3.96. The molecule has 0 aromatic heterocycles. The van der Waals surface area contributed by atoms with Gasteiger partial charge < -0.3 is 10.1 Å². The zero-order chi connectivity index (χ0) is 13.1. The summed E-state index contributed by atoms with van der Waals surface area (Å²) in [7, 11) is 3.94. The van der Waals surface area contributed by atoms with Crippen LogP contribution in [0.2, 0.25) is 0 Å². The second kappa shape index (κ2) is 6.19. The Morgan fingerprint density at radius 1 is 1.12 bits per heavy atom. The van der Waals surface area contributed by atoms with Crippen molar-refractivity contribution in [3.63, 3.8) is 0 Å². The van der Waals surface area contributed by atoms with Crippen molar-refractivity contribution in [3.8, 4) is 0 Å². The highest BCUT2D eigenvalue weighted by molar-refractivity contribution is 4.91. The highest BCUT2D eigenvalue weighted by atomic mass is 16.5. The van der Waals surface area contributed by atoms with Gasteiger partial charge in [0.15, 0.2) is 0 Å². The lowest BCUT2D eigenvalue weighted by molar-refractivity contribution is -0.0305. The van der Waals surface area contributed by atoms with E-state index >= 15 is 0 Å². The van der Waals surface area contributed by atoms with Crippen molar-refractivity contribution >= 4 is 0 Å². The molecule has 1 fully saturated rings. The second-order valence-electron chi connectivity index (χ2n) is 6.86. The first-order valence-corrected chi connectivity index (χ1v) is 7.10. The van der Waals surface area contributed by atoms with Crippen LogP contribution in [0.4, 0.5) is 0 Å². The van der Waals surface area contributed by atoms with Crippen LogP contribution in [0, 0.1) is 17.3 Å². The third-order valence-corrected chi connectivity index (χ3v) is 4.34. The summed E-state index contributed by atoms with van der Waals surface area (Å²) in [6.45, 7) is 9.20. The zero-order valence-corrected chi connectivity index (χ0v) is 12.5. The van der Waals surface area contributed by atoms with Crippen LogP contribution in [0.25, 0.3) is 0 Å². The molecule has 1 saturated carbocycles. The molecule has 102 valence electrons. The van der Waals surface area contributed by atoms with E-state index in [1.54, 1.807) is 0 Å². The van der Waals surface area contributed by atoms with E-state index in [4.69, 9.17) is 4.74 Å². The van der Waals surface area contributed by atoms with E-state index in [9.17, 15) is 0 Å². The Balaban J connectivity index is 2.69. The fraction of sp³-hybridized carbons (Fsp3) is 1.00. The Labute approximate surface area is 108 Å². The maximum absolute atomic E-state index is 5.79. The van der Waals surface area contributed by atoms with E-state index in [-0.39, 0.29) is 5.41 Å². The predicted octanol–water partition coefficient (Wildman–Crippen LogP) is 3.46. The minimum atomic E-state index is 0.200. The first-order chi connectivity index (χ1) is 7.90. The molecule has 0 aliphatic heterocycles. The molecule has 2 atom stereocenters. The zero-order valence-electron chi connectivity index (χ0n) is 12.5. The summed E-state index contributed by atoms with van der Waals surface area (Å²) in [5.74, 6) is 1.69. The number of nitrogens with one attached hydrogen (secondary N) is 1. The van der Waals surface area contributed by atoms with E-state index in [2.05, 4.69) is 40.1 Å². The van der Waals surface area contributed by atoms with E-state index in [0.29, 0.717) is 12.1 Å². The van der Waals surface area contributed by atoms with Gasteiger partial charge in [0.25, 0.3) is 0 Å². The van der Waals surface area contributed by atoms with E-state index in [1.165, 1.54) is 25.7 Å². The standard InChI is InChI=1S/C15H31NO/c1-11-7-9-12(10-8-11)13(16-5)14(17-6)15(2,3)4/h11-14,16H,7-10H2,1-6H3. The fourth-order valence-corrected chi connectivity index (χ4v) is 3.32. The normalized spacial score (nSPS) is 30.0. The Morgan fingerprint density at radius 2 is 1.65 bits per heavy atom. The minimum absolute atomic E-state index is 0.200. The molecule has 0 radical (unpaired) electrons. The van der Waals surface area contributed by atoms with E-state index in [1.807, 2.05) is 7.11 Å². The lowest BCUT2D eigenvalue weighted by atomic mass is 9.73. The monoisotopic (exact) mass is 241 g/mol. The second-order valence-corrected chi connectivity index (χ2v) is 6.86. The van der Waals surface area contributed by atoms with Gasteiger partial charge in [-0.25, -0.2) is 0 Å². The van der Waals surface area contributed by atoms with E-state index < -0.39 is 0 Å². The summed E-state index contributed by atoms with van der Waals surface area (Å²) >= 11 is 0. The van der Waals surface area contributed by atoms with Crippen molar-refractivity contribution in [2.24, 2.45) is 17.3 Å². The summed E-state index contributed by atoms with van der Waals surface area (Å²) in [6.07, 6.45) is 5.75. The maximum atomic E-state index is 5.79. The number of hydrogen-bond donors (Lipinski definition) is 1. The first kappa shape index (κ1) is 15.0. The number of rotatable bonds is 4. The SMILES string of the molecule is CNC(C1CCC(C)CC1)C(OC)C(C)(C)C. The smallest absolute Gasteiger partial charge is 0.0774 e. The molecule has 0 heterocycles. The average molecular weight is 241 g/mol. The van der Waals surface area contributed by atoms with Gasteiger partial charge >= 0.3 is 0 Å². The molecular formula is C15H31NO. The summed E-state index contributed by atoms with van der Waals surface area (Å²) in [6, 6.07) is 0.493. The lowest BCUT2D eigenvalue weighted by Crippen LogP contribution is -2.51. The molecule has 2 heteroatoms. The van der Waals surface area contributed by atoms with Crippen molar-refractivity contribution in [3.05, 3.63) is 0 Å². The van der Waals surface area contributed by atoms with Crippen molar-refractivity contribution in [2.45, 2.75) is 65.5 Å². The van der Waals surface area contributed by atoms with Crippen LogP contribution in [-0.4, -0.2) is 26.3 Å². The number of methoxy groups -OCH3 is 1. The molecule has 0 spiro atoms. The van der Waals surface area contributed by atoms with Crippen molar-refractivity contribution < 1.29 is 4.74 Å². The Kier molecular flexibility index (Phi) is 5.46. The van der Waals surface area contributed by atoms with Crippen LogP contribution < -0.4 is 5.32 Å². The van der Waals surface area contributed by atoms with Gasteiger partial charge in [-0.3, -0.25) is 0 Å². The van der Waals surface area contributed by atoms with Gasteiger partial charge in [-0.05, 0) is 37.1 Å². The van der Waals surface area contributed by atoms with Crippen LogP contribution >= 0.6 is 0 Å². The van der Waals surface area contributed by atoms with Gasteiger partial charge in [-0.15, -0.1) is 0 Å². The van der Waals surface area contributed by atoms with Crippen molar-refractivity contribution in [2.75, 3.05) is 14.2 Å². The lowest BCUT2D eigenvalue weighted by Gasteiger charge is -2.42. The average Bonchev–Trinajstić information content (AvgIpc) is 2.25. The number of likely N-dealkylation sites (N-methyl/N-ethyl adjacent to an activating group) is 1. The molecule has 1 aliphatic rings. The molecule has 1 aliphatic carbocycles. The molecule has 2 nitrogen and oxygen atoms in total. The van der Waals surface area contributed by atoms with Gasteiger partial charge in [0.1, 0.15) is 0 Å². The van der Waals surface area contributed by atoms with Gasteiger partial charge in [-0.2, -0.15) is 0 Å². The maximum Gasteiger partial charge on any atom is 0.0774 e. The first-order valence-electron chi connectivity index (χ1n) is 7.10. The molecule has 0 saturated heterocycles. The van der Waals surface area contributed by atoms with Crippen molar-refractivity contribution in [1.82, 2.24) is 5.32 Å². The summed E-state index contributed by atoms with van der Waals surface area (Å²) in [5.41, 5.74) is 0.200. The van der Waals surface area contributed by atoms with Crippen LogP contribution in [0.15, 0.2) is 0 Å². The van der Waals surface area contributed by atoms with Gasteiger partial charge in [-0.1, -0.05) is 40.5 Å². The van der Waals surface area contributed by atoms with Gasteiger partial charge in [0, 0.05) is 13.2 Å². The molecule has 1 N–H and O–H groups in total. The summed E-state index contributed by atoms with van der Waals surface area (Å²) < 4.78 is 5.79. The quantitative estimate of drug-likeness (QED) is 0.814. The molecule has 0 aromatic carbocycles. The number of ether oxygens (including phenoxy) is 1. The van der Waals surface area contributed by atoms with E-state index in [0.717, 1.165) is 11.8 Å². The van der Waals surface area contributed by atoms with Crippen LogP contribution in [0.3, 0.4) is 0 Å². The predicted molar refractivity (Wildman–Crippen MR) is 74.2 cm³/mol. The largest absolute Gasteiger partial charge is 0.379 e. The van der Waals surface area contributed by atoms with Gasteiger partial charge in [0.05, 0.1) is 6.10 Å². The molecule has 0 bridgehead atoms. The van der Waals surface area contributed by atoms with Crippen LogP contribution in [-0.2, 0) is 4.74 Å². The van der Waals surface area contributed by atoms with Crippen LogP contribution in [0.5, 0.6) is 0 Å². The summed E-state index contributed by atoms with van der Waals surface area (Å²) in [5, 5.41) is 3.52. The summed E-state index contributed by atoms with van der Waals surface area (Å²) in [4.78, 5) is 0. The fourth-order valence-electron chi connectivity index (χ4n) is 3.32. The highest BCUT2D eigenvalue weighted by Gasteiger charge is 2.37. The molecule has 0 amide bonds. The Bertz CT molecular complexity index is 213. The molecular weight excluding hydrogens is 210 g/mol. The Hall–Kier alpha value is -0.0800. The Morgan fingerprint density at radius 3 is 2.00 bits per heavy atom. The number of hydrogen-bond acceptors (Lipinski definition) is 2. The molecule has 1 rings (SSSR count). The molecule has 17 heavy (non-hydrogen) atoms. The topological polar surface area (TPSA) is 21.3 Å². The minimum Gasteiger partial charge on any atom is -0.379 e. The highest BCUT2D eigenvalue weighted by Crippen LogP contribution is 2.35. The molecule has 0 aromatic rings. The molecule has 2 unspecified atom stereocenters. The van der Waals surface area contributed by atoms with Gasteiger partial charge in [0.2, 0.25) is 0 Å². The van der Waals surface area contributed by atoms with Crippen molar-refractivity contribution in [1.29, 1.82) is 0 Å². The van der Waals surface area contributed by atoms with Crippen LogP contribution in [0.1, 0.15) is 53.4 Å². The third-order valence-electron chi connectivity index (χ3n) is 4.34.